The molecule has 0 amide bonds. The minimum Gasteiger partial charge on any atom is -0.486 e. The predicted molar refractivity (Wildman–Crippen MR) is 81.8 cm³/mol. The second kappa shape index (κ2) is 6.75. The molecule has 20 heavy (non-hydrogen) atoms. The van der Waals surface area contributed by atoms with E-state index in [1.807, 2.05) is 18.2 Å². The average molecular weight is 276 g/mol. The number of rotatable bonds is 6. The molecule has 1 aliphatic rings. The number of ether oxygens (including phenoxy) is 1. The third kappa shape index (κ3) is 3.31. The summed E-state index contributed by atoms with van der Waals surface area (Å²) in [5, 5.41) is 3.35. The molecule has 2 rings (SSSR count). The van der Waals surface area contributed by atoms with E-state index in [0.717, 1.165) is 43.1 Å². The summed E-state index contributed by atoms with van der Waals surface area (Å²) in [7, 11) is 0. The van der Waals surface area contributed by atoms with E-state index in [2.05, 4.69) is 31.0 Å². The van der Waals surface area contributed by atoms with Gasteiger partial charge in [-0.2, -0.15) is 0 Å². The van der Waals surface area contributed by atoms with Crippen molar-refractivity contribution in [3.8, 4) is 5.75 Å². The van der Waals surface area contributed by atoms with Crippen molar-refractivity contribution >= 4 is 11.5 Å². The Balaban J connectivity index is 2.09. The first-order valence-corrected chi connectivity index (χ1v) is 7.48. The minimum absolute atomic E-state index is 0.163. The van der Waals surface area contributed by atoms with E-state index < -0.39 is 0 Å². The molecular formula is C16H24N2O2. The lowest BCUT2D eigenvalue weighted by atomic mass is 10.1. The van der Waals surface area contributed by atoms with Crippen LogP contribution in [-0.2, 0) is 0 Å². The van der Waals surface area contributed by atoms with Gasteiger partial charge in [0.25, 0.3) is 0 Å². The molecule has 4 heteroatoms. The molecule has 4 nitrogen and oxygen atoms in total. The molecule has 1 N–H and O–H groups in total. The van der Waals surface area contributed by atoms with Crippen molar-refractivity contribution < 1.29 is 9.53 Å². The van der Waals surface area contributed by atoms with E-state index in [9.17, 15) is 4.79 Å². The molecule has 0 aliphatic carbocycles. The van der Waals surface area contributed by atoms with Gasteiger partial charge in [-0.15, -0.1) is 0 Å². The monoisotopic (exact) mass is 276 g/mol. The Hall–Kier alpha value is -1.55. The number of fused-ring (bicyclic) bond motifs is 1. The van der Waals surface area contributed by atoms with Gasteiger partial charge in [-0.1, -0.05) is 20.8 Å². The van der Waals surface area contributed by atoms with Crippen molar-refractivity contribution in [2.75, 3.05) is 31.5 Å². The van der Waals surface area contributed by atoms with Crippen LogP contribution in [0.4, 0.5) is 5.69 Å². The third-order valence-corrected chi connectivity index (χ3v) is 3.83. The summed E-state index contributed by atoms with van der Waals surface area (Å²) in [6, 6.07) is 5.68. The summed E-state index contributed by atoms with van der Waals surface area (Å²) in [6.45, 7) is 9.33. The maximum absolute atomic E-state index is 12.3. The number of Topliss-reactive ketones (excluding diaryl/α,β-unsaturated/α-hetero) is 1. The highest BCUT2D eigenvalue weighted by molar-refractivity contribution is 5.98. The first-order valence-electron chi connectivity index (χ1n) is 7.48. The summed E-state index contributed by atoms with van der Waals surface area (Å²) in [4.78, 5) is 14.4. The van der Waals surface area contributed by atoms with Crippen LogP contribution in [0, 0.1) is 0 Å². The number of anilines is 1. The molecule has 0 radical (unpaired) electrons. The molecule has 0 aromatic heterocycles. The van der Waals surface area contributed by atoms with Crippen molar-refractivity contribution in [1.29, 1.82) is 0 Å². The summed E-state index contributed by atoms with van der Waals surface area (Å²) in [6.07, 6.45) is 1.20. The van der Waals surface area contributed by atoms with Gasteiger partial charge in [0.05, 0.1) is 18.8 Å². The molecule has 110 valence electrons. The van der Waals surface area contributed by atoms with Crippen LogP contribution >= 0.6 is 0 Å². The fraction of sp³-hybridized carbons (Fsp3) is 0.562. The van der Waals surface area contributed by atoms with E-state index in [1.54, 1.807) is 0 Å². The van der Waals surface area contributed by atoms with Crippen molar-refractivity contribution in [3.63, 3.8) is 0 Å². The first-order chi connectivity index (χ1) is 9.67. The van der Waals surface area contributed by atoms with Crippen molar-refractivity contribution in [1.82, 2.24) is 4.90 Å². The fourth-order valence-corrected chi connectivity index (χ4v) is 2.36. The van der Waals surface area contributed by atoms with Gasteiger partial charge < -0.3 is 10.1 Å². The van der Waals surface area contributed by atoms with Gasteiger partial charge in [0, 0.05) is 5.56 Å². The predicted octanol–water partition coefficient (Wildman–Crippen LogP) is 2.79. The zero-order valence-electron chi connectivity index (χ0n) is 12.6. The highest BCUT2D eigenvalue weighted by Crippen LogP contribution is 2.30. The van der Waals surface area contributed by atoms with Gasteiger partial charge >= 0.3 is 0 Å². The van der Waals surface area contributed by atoms with Crippen molar-refractivity contribution in [3.05, 3.63) is 23.8 Å². The number of carbonyl (C=O) groups is 1. The van der Waals surface area contributed by atoms with Crippen molar-refractivity contribution in [2.24, 2.45) is 0 Å². The Morgan fingerprint density at radius 2 is 2.10 bits per heavy atom. The number of nitrogens with one attached hydrogen (secondary N) is 1. The number of benzene rings is 1. The molecule has 0 fully saturated rings. The fourth-order valence-electron chi connectivity index (χ4n) is 2.36. The number of nitrogens with zero attached hydrogens (tertiary/aromatic N) is 1. The molecule has 1 aromatic carbocycles. The lowest BCUT2D eigenvalue weighted by Gasteiger charge is -2.27. The zero-order valence-corrected chi connectivity index (χ0v) is 12.6. The number of hydrogen-bond acceptors (Lipinski definition) is 4. The molecule has 0 spiro atoms. The Labute approximate surface area is 121 Å². The maximum atomic E-state index is 12.3. The number of hydrogen-bond donors (Lipinski definition) is 1. The first kappa shape index (κ1) is 14.9. The lowest BCUT2D eigenvalue weighted by molar-refractivity contribution is 0.0937. The quantitative estimate of drug-likeness (QED) is 0.811. The lowest BCUT2D eigenvalue weighted by Crippen LogP contribution is -2.31. The molecule has 1 unspecified atom stereocenters. The highest BCUT2D eigenvalue weighted by atomic mass is 16.5. The molecule has 0 bridgehead atoms. The smallest absolute Gasteiger partial charge is 0.176 e. The zero-order chi connectivity index (χ0) is 14.5. The second-order valence-electron chi connectivity index (χ2n) is 5.12. The van der Waals surface area contributed by atoms with Gasteiger partial charge in [-0.25, -0.2) is 0 Å². The summed E-state index contributed by atoms with van der Waals surface area (Å²) in [5.41, 5.74) is 1.68. The Morgan fingerprint density at radius 3 is 2.75 bits per heavy atom. The standard InChI is InChI=1S/C16H24N2O2/c1-4-13-10-17-14-9-12(7-8-16(14)20-13)15(19)11-18(5-2)6-3/h7-9,13,17H,4-6,10-11H2,1-3H3. The SMILES string of the molecule is CCC1CNc2cc(C(=O)CN(CC)CC)ccc2O1. The second-order valence-corrected chi connectivity index (χ2v) is 5.12. The number of likely N-dealkylation sites (N-methyl/N-ethyl adjacent to an activating group) is 1. The van der Waals surface area contributed by atoms with Crippen LogP contribution in [0.25, 0.3) is 0 Å². The van der Waals surface area contributed by atoms with E-state index >= 15 is 0 Å². The van der Waals surface area contributed by atoms with Gasteiger partial charge in [0.2, 0.25) is 0 Å². The number of carbonyl (C=O) groups excluding carboxylic acids is 1. The molecule has 1 atom stereocenters. The summed E-state index contributed by atoms with van der Waals surface area (Å²) < 4.78 is 5.86. The van der Waals surface area contributed by atoms with Gasteiger partial charge in [-0.3, -0.25) is 9.69 Å². The average Bonchev–Trinajstić information content (AvgIpc) is 2.51. The van der Waals surface area contributed by atoms with Gasteiger partial charge in [0.15, 0.2) is 5.78 Å². The molecule has 0 saturated carbocycles. The topological polar surface area (TPSA) is 41.6 Å². The van der Waals surface area contributed by atoms with Crippen LogP contribution < -0.4 is 10.1 Å². The van der Waals surface area contributed by atoms with Crippen LogP contribution in [0.15, 0.2) is 18.2 Å². The third-order valence-electron chi connectivity index (χ3n) is 3.83. The van der Waals surface area contributed by atoms with Crippen LogP contribution in [0.3, 0.4) is 0 Å². The minimum atomic E-state index is 0.163. The Morgan fingerprint density at radius 1 is 1.35 bits per heavy atom. The largest absolute Gasteiger partial charge is 0.486 e. The van der Waals surface area contributed by atoms with Crippen LogP contribution in [0.1, 0.15) is 37.6 Å². The molecule has 1 heterocycles. The Kier molecular flexibility index (Phi) is 5.01. The molecule has 1 aliphatic heterocycles. The van der Waals surface area contributed by atoms with Gasteiger partial charge in [0.1, 0.15) is 11.9 Å². The Bertz CT molecular complexity index is 470. The van der Waals surface area contributed by atoms with E-state index in [1.165, 1.54) is 0 Å². The van der Waals surface area contributed by atoms with E-state index in [-0.39, 0.29) is 11.9 Å². The normalized spacial score (nSPS) is 17.3. The summed E-state index contributed by atoms with van der Waals surface area (Å²) >= 11 is 0. The van der Waals surface area contributed by atoms with E-state index in [4.69, 9.17) is 4.74 Å². The highest BCUT2D eigenvalue weighted by Gasteiger charge is 2.19. The van der Waals surface area contributed by atoms with Crippen LogP contribution in [0.2, 0.25) is 0 Å². The molecule has 0 saturated heterocycles. The maximum Gasteiger partial charge on any atom is 0.176 e. The van der Waals surface area contributed by atoms with Crippen LogP contribution in [-0.4, -0.2) is 43.0 Å². The van der Waals surface area contributed by atoms with Gasteiger partial charge in [-0.05, 0) is 37.7 Å². The molecular weight excluding hydrogens is 252 g/mol. The van der Waals surface area contributed by atoms with E-state index in [0.29, 0.717) is 6.54 Å². The summed E-state index contributed by atoms with van der Waals surface area (Å²) in [5.74, 6) is 1.01. The number of ketones is 1. The molecule has 1 aromatic rings. The van der Waals surface area contributed by atoms with Crippen LogP contribution in [0.5, 0.6) is 5.75 Å². The van der Waals surface area contributed by atoms with Crippen molar-refractivity contribution in [2.45, 2.75) is 33.3 Å².